The highest BCUT2D eigenvalue weighted by atomic mass is 16.3. The third kappa shape index (κ3) is 2.76. The molecule has 0 radical (unpaired) electrons. The lowest BCUT2D eigenvalue weighted by Crippen LogP contribution is -2.05. The lowest BCUT2D eigenvalue weighted by molar-refractivity contribution is 0.103. The van der Waals surface area contributed by atoms with Crippen molar-refractivity contribution in [2.75, 3.05) is 0 Å². The van der Waals surface area contributed by atoms with E-state index in [0.717, 1.165) is 16.8 Å². The molecule has 4 rings (SSSR count). The van der Waals surface area contributed by atoms with Gasteiger partial charge in [0, 0.05) is 24.0 Å². The molecule has 0 aliphatic heterocycles. The molecule has 0 aliphatic carbocycles. The quantitative estimate of drug-likeness (QED) is 0.583. The fraction of sp³-hybridized carbons (Fsp3) is 0.0500. The van der Waals surface area contributed by atoms with E-state index in [1.165, 1.54) is 12.3 Å². The Labute approximate surface area is 144 Å². The zero-order valence-electron chi connectivity index (χ0n) is 13.5. The number of ketones is 1. The molecule has 2 heterocycles. The van der Waals surface area contributed by atoms with Gasteiger partial charge in [-0.2, -0.15) is 5.10 Å². The summed E-state index contributed by atoms with van der Waals surface area (Å²) in [6.07, 6.45) is 3.15. The SMILES string of the molecule is Cc1ccc(O)c(C(=O)c2cnc3cc(-c4ccccc4)nn3c2)c1. The maximum atomic E-state index is 12.7. The molecular formula is C20H15N3O2. The number of carbonyl (C=O) groups excluding carboxylic acids is 1. The third-order valence-corrected chi connectivity index (χ3v) is 4.04. The summed E-state index contributed by atoms with van der Waals surface area (Å²) < 4.78 is 1.59. The van der Waals surface area contributed by atoms with Crippen molar-refractivity contribution < 1.29 is 9.90 Å². The van der Waals surface area contributed by atoms with Crippen LogP contribution in [0.15, 0.2) is 67.0 Å². The maximum absolute atomic E-state index is 12.7. The summed E-state index contributed by atoms with van der Waals surface area (Å²) in [7, 11) is 0. The minimum Gasteiger partial charge on any atom is -0.507 e. The Balaban J connectivity index is 1.76. The van der Waals surface area contributed by atoms with E-state index in [1.807, 2.05) is 43.3 Å². The summed E-state index contributed by atoms with van der Waals surface area (Å²) in [4.78, 5) is 17.0. The molecule has 0 unspecified atom stereocenters. The molecule has 0 saturated heterocycles. The van der Waals surface area contributed by atoms with E-state index in [2.05, 4.69) is 10.1 Å². The van der Waals surface area contributed by atoms with Crippen molar-refractivity contribution >= 4 is 11.4 Å². The van der Waals surface area contributed by atoms with E-state index in [-0.39, 0.29) is 17.1 Å². The van der Waals surface area contributed by atoms with Gasteiger partial charge < -0.3 is 5.11 Å². The van der Waals surface area contributed by atoms with Crippen molar-refractivity contribution in [1.82, 2.24) is 14.6 Å². The zero-order valence-corrected chi connectivity index (χ0v) is 13.5. The number of benzene rings is 2. The van der Waals surface area contributed by atoms with E-state index in [0.29, 0.717) is 11.2 Å². The standard InChI is InChI=1S/C20H15N3O2/c1-13-7-8-18(24)16(9-13)20(25)15-11-21-19-10-17(22-23(19)12-15)14-5-3-2-4-6-14/h2-12,24H,1H3. The molecule has 2 aromatic carbocycles. The van der Waals surface area contributed by atoms with Crippen molar-refractivity contribution in [3.8, 4) is 17.0 Å². The van der Waals surface area contributed by atoms with Gasteiger partial charge in [0.2, 0.25) is 0 Å². The summed E-state index contributed by atoms with van der Waals surface area (Å²) in [5.74, 6) is -0.325. The van der Waals surface area contributed by atoms with Crippen molar-refractivity contribution in [2.45, 2.75) is 6.92 Å². The Bertz CT molecular complexity index is 1080. The number of phenols is 1. The van der Waals surface area contributed by atoms with Crippen LogP contribution in [-0.2, 0) is 0 Å². The number of nitrogens with zero attached hydrogens (tertiary/aromatic N) is 3. The molecule has 4 aromatic rings. The molecule has 0 amide bonds. The molecule has 0 atom stereocenters. The Morgan fingerprint density at radius 1 is 1.08 bits per heavy atom. The Kier molecular flexibility index (Phi) is 3.54. The molecule has 5 nitrogen and oxygen atoms in total. The first-order chi connectivity index (χ1) is 12.1. The lowest BCUT2D eigenvalue weighted by atomic mass is 10.0. The maximum Gasteiger partial charge on any atom is 0.199 e. The van der Waals surface area contributed by atoms with E-state index >= 15 is 0 Å². The second-order valence-corrected chi connectivity index (χ2v) is 5.89. The molecule has 2 aromatic heterocycles. The molecule has 0 bridgehead atoms. The van der Waals surface area contributed by atoms with Crippen molar-refractivity contribution in [1.29, 1.82) is 0 Å². The monoisotopic (exact) mass is 329 g/mol. The average molecular weight is 329 g/mol. The van der Waals surface area contributed by atoms with Crippen LogP contribution in [0.2, 0.25) is 0 Å². The minimum absolute atomic E-state index is 0.0406. The molecule has 0 spiro atoms. The Hall–Kier alpha value is -3.47. The minimum atomic E-state index is -0.285. The van der Waals surface area contributed by atoms with Crippen LogP contribution in [-0.4, -0.2) is 25.5 Å². The molecule has 5 heteroatoms. The molecule has 0 aliphatic rings. The predicted molar refractivity (Wildman–Crippen MR) is 94.7 cm³/mol. The zero-order chi connectivity index (χ0) is 17.4. The highest BCUT2D eigenvalue weighted by molar-refractivity contribution is 6.10. The van der Waals surface area contributed by atoms with Crippen LogP contribution in [0.5, 0.6) is 5.75 Å². The van der Waals surface area contributed by atoms with Gasteiger partial charge in [-0.05, 0) is 19.1 Å². The van der Waals surface area contributed by atoms with Crippen LogP contribution in [0.4, 0.5) is 0 Å². The number of hydrogen-bond acceptors (Lipinski definition) is 4. The number of aromatic nitrogens is 3. The van der Waals surface area contributed by atoms with E-state index in [9.17, 15) is 9.90 Å². The molecule has 25 heavy (non-hydrogen) atoms. The normalized spacial score (nSPS) is 10.9. The van der Waals surface area contributed by atoms with Crippen LogP contribution in [0.25, 0.3) is 16.9 Å². The Morgan fingerprint density at radius 2 is 1.88 bits per heavy atom. The first-order valence-electron chi connectivity index (χ1n) is 7.87. The first kappa shape index (κ1) is 15.1. The average Bonchev–Trinajstić information content (AvgIpc) is 3.07. The van der Waals surface area contributed by atoms with Gasteiger partial charge in [0.05, 0.1) is 16.8 Å². The van der Waals surface area contributed by atoms with Crippen molar-refractivity contribution in [2.24, 2.45) is 0 Å². The van der Waals surface area contributed by atoms with Gasteiger partial charge in [-0.3, -0.25) is 4.79 Å². The molecule has 0 saturated carbocycles. The molecule has 0 fully saturated rings. The molecule has 1 N–H and O–H groups in total. The van der Waals surface area contributed by atoms with Crippen LogP contribution >= 0.6 is 0 Å². The van der Waals surface area contributed by atoms with E-state index < -0.39 is 0 Å². The van der Waals surface area contributed by atoms with Crippen LogP contribution < -0.4 is 0 Å². The van der Waals surface area contributed by atoms with Gasteiger partial charge in [-0.15, -0.1) is 0 Å². The molecular weight excluding hydrogens is 314 g/mol. The fourth-order valence-electron chi connectivity index (χ4n) is 2.73. The van der Waals surface area contributed by atoms with Gasteiger partial charge in [0.1, 0.15) is 5.75 Å². The smallest absolute Gasteiger partial charge is 0.199 e. The number of aryl methyl sites for hydroxylation is 1. The summed E-state index contributed by atoms with van der Waals surface area (Å²) in [5.41, 5.74) is 3.96. The fourth-order valence-corrected chi connectivity index (χ4v) is 2.73. The second kappa shape index (κ2) is 5.87. The van der Waals surface area contributed by atoms with Gasteiger partial charge in [0.25, 0.3) is 0 Å². The van der Waals surface area contributed by atoms with Crippen LogP contribution in [0.1, 0.15) is 21.5 Å². The summed E-state index contributed by atoms with van der Waals surface area (Å²) in [5, 5.41) is 14.5. The number of rotatable bonds is 3. The third-order valence-electron chi connectivity index (χ3n) is 4.04. The number of phenolic OH excluding ortho intramolecular Hbond substituents is 1. The van der Waals surface area contributed by atoms with Gasteiger partial charge >= 0.3 is 0 Å². The van der Waals surface area contributed by atoms with E-state index in [4.69, 9.17) is 0 Å². The summed E-state index contributed by atoms with van der Waals surface area (Å²) >= 11 is 0. The predicted octanol–water partition coefficient (Wildman–Crippen LogP) is 3.64. The molecule has 122 valence electrons. The van der Waals surface area contributed by atoms with Crippen molar-refractivity contribution in [3.05, 3.63) is 83.7 Å². The highest BCUT2D eigenvalue weighted by Gasteiger charge is 2.16. The first-order valence-corrected chi connectivity index (χ1v) is 7.87. The number of fused-ring (bicyclic) bond motifs is 1. The van der Waals surface area contributed by atoms with Crippen LogP contribution in [0.3, 0.4) is 0 Å². The van der Waals surface area contributed by atoms with Crippen molar-refractivity contribution in [3.63, 3.8) is 0 Å². The van der Waals surface area contributed by atoms with Crippen LogP contribution in [0, 0.1) is 6.92 Å². The number of hydrogen-bond donors (Lipinski definition) is 1. The largest absolute Gasteiger partial charge is 0.507 e. The number of carbonyl (C=O) groups is 1. The van der Waals surface area contributed by atoms with Gasteiger partial charge in [0.15, 0.2) is 11.4 Å². The lowest BCUT2D eigenvalue weighted by Gasteiger charge is -2.05. The summed E-state index contributed by atoms with van der Waals surface area (Å²) in [6, 6.07) is 16.6. The Morgan fingerprint density at radius 3 is 2.68 bits per heavy atom. The van der Waals surface area contributed by atoms with Gasteiger partial charge in [-0.1, -0.05) is 42.0 Å². The summed E-state index contributed by atoms with van der Waals surface area (Å²) in [6.45, 7) is 1.87. The van der Waals surface area contributed by atoms with Gasteiger partial charge in [-0.25, -0.2) is 9.50 Å². The number of aromatic hydroxyl groups is 1. The highest BCUT2D eigenvalue weighted by Crippen LogP contribution is 2.23. The topological polar surface area (TPSA) is 67.5 Å². The van der Waals surface area contributed by atoms with E-state index in [1.54, 1.807) is 22.8 Å². The second-order valence-electron chi connectivity index (χ2n) is 5.89.